The molecule has 3 rings (SSSR count). The number of imide groups is 1. The standard InChI is InChI=1S/C26H30FN3O4/c1-4-17(2)28-24(32)18(3)30(16-19-10-5-8-13-22(19)27)23(31)14-9-15-29-25(33)20-11-6-7-12-21(20)26(29)34/h5-8,10-13,17-18H,4,9,14-16H2,1-3H3,(H,28,32)/t17-,18+/m1/s1. The molecule has 1 aliphatic heterocycles. The van der Waals surface area contributed by atoms with E-state index in [0.717, 1.165) is 11.3 Å². The Balaban J connectivity index is 1.68. The molecule has 1 heterocycles. The van der Waals surface area contributed by atoms with E-state index in [-0.39, 0.29) is 55.6 Å². The zero-order valence-electron chi connectivity index (χ0n) is 19.7. The largest absolute Gasteiger partial charge is 0.352 e. The predicted octanol–water partition coefficient (Wildman–Crippen LogP) is 3.53. The van der Waals surface area contributed by atoms with Crippen molar-refractivity contribution in [1.82, 2.24) is 15.1 Å². The summed E-state index contributed by atoms with van der Waals surface area (Å²) >= 11 is 0. The highest BCUT2D eigenvalue weighted by atomic mass is 19.1. The summed E-state index contributed by atoms with van der Waals surface area (Å²) in [5.41, 5.74) is 1.02. The van der Waals surface area contributed by atoms with E-state index in [1.165, 1.54) is 11.0 Å². The van der Waals surface area contributed by atoms with Crippen molar-refractivity contribution in [3.05, 3.63) is 71.0 Å². The normalized spacial score (nSPS) is 14.5. The fraction of sp³-hybridized carbons (Fsp3) is 0.385. The van der Waals surface area contributed by atoms with Gasteiger partial charge in [0, 0.05) is 31.1 Å². The number of hydrogen-bond donors (Lipinski definition) is 1. The lowest BCUT2D eigenvalue weighted by atomic mass is 10.1. The molecule has 0 aliphatic carbocycles. The van der Waals surface area contributed by atoms with Gasteiger partial charge in [0.15, 0.2) is 0 Å². The average Bonchev–Trinajstić information content (AvgIpc) is 3.07. The fourth-order valence-corrected chi connectivity index (χ4v) is 3.83. The maximum absolute atomic E-state index is 14.3. The van der Waals surface area contributed by atoms with E-state index in [9.17, 15) is 23.6 Å². The van der Waals surface area contributed by atoms with Gasteiger partial charge in [-0.2, -0.15) is 0 Å². The van der Waals surface area contributed by atoms with Gasteiger partial charge < -0.3 is 10.2 Å². The predicted molar refractivity (Wildman–Crippen MR) is 125 cm³/mol. The summed E-state index contributed by atoms with van der Waals surface area (Å²) in [5, 5.41) is 2.86. The van der Waals surface area contributed by atoms with Gasteiger partial charge in [0.05, 0.1) is 11.1 Å². The highest BCUT2D eigenvalue weighted by molar-refractivity contribution is 6.21. The fourth-order valence-electron chi connectivity index (χ4n) is 3.83. The molecule has 2 aromatic rings. The Bertz CT molecular complexity index is 1050. The minimum absolute atomic E-state index is 0.00279. The molecule has 0 radical (unpaired) electrons. The van der Waals surface area contributed by atoms with Gasteiger partial charge in [-0.25, -0.2) is 4.39 Å². The number of benzene rings is 2. The third-order valence-corrected chi connectivity index (χ3v) is 6.12. The zero-order valence-corrected chi connectivity index (χ0v) is 19.7. The van der Waals surface area contributed by atoms with Crippen LogP contribution in [0, 0.1) is 5.82 Å². The maximum Gasteiger partial charge on any atom is 0.261 e. The molecular weight excluding hydrogens is 437 g/mol. The van der Waals surface area contributed by atoms with Crippen molar-refractivity contribution in [2.75, 3.05) is 6.54 Å². The summed E-state index contributed by atoms with van der Waals surface area (Å²) in [6, 6.07) is 11.8. The lowest BCUT2D eigenvalue weighted by Gasteiger charge is -2.30. The smallest absolute Gasteiger partial charge is 0.261 e. The van der Waals surface area contributed by atoms with Crippen molar-refractivity contribution in [1.29, 1.82) is 0 Å². The van der Waals surface area contributed by atoms with Gasteiger partial charge in [-0.1, -0.05) is 37.3 Å². The number of halogens is 1. The first kappa shape index (κ1) is 25.1. The van der Waals surface area contributed by atoms with Crippen molar-refractivity contribution >= 4 is 23.6 Å². The molecule has 0 saturated heterocycles. The van der Waals surface area contributed by atoms with Crippen molar-refractivity contribution in [2.24, 2.45) is 0 Å². The van der Waals surface area contributed by atoms with E-state index in [4.69, 9.17) is 0 Å². The van der Waals surface area contributed by atoms with Crippen LogP contribution >= 0.6 is 0 Å². The van der Waals surface area contributed by atoms with E-state index in [0.29, 0.717) is 16.7 Å². The molecule has 0 aromatic heterocycles. The molecule has 0 bridgehead atoms. The van der Waals surface area contributed by atoms with Crippen LogP contribution in [0.25, 0.3) is 0 Å². The second-order valence-corrected chi connectivity index (χ2v) is 8.52. The molecule has 0 saturated carbocycles. The Hall–Kier alpha value is -3.55. The van der Waals surface area contributed by atoms with Gasteiger partial charge in [-0.3, -0.25) is 24.1 Å². The summed E-state index contributed by atoms with van der Waals surface area (Å²) in [6.07, 6.45) is 0.973. The highest BCUT2D eigenvalue weighted by Gasteiger charge is 2.35. The van der Waals surface area contributed by atoms with E-state index in [1.807, 2.05) is 13.8 Å². The molecule has 34 heavy (non-hydrogen) atoms. The summed E-state index contributed by atoms with van der Waals surface area (Å²) in [5.74, 6) is -1.89. The molecule has 4 amide bonds. The van der Waals surface area contributed by atoms with Crippen molar-refractivity contribution in [2.45, 2.75) is 58.7 Å². The van der Waals surface area contributed by atoms with Crippen LogP contribution < -0.4 is 5.32 Å². The first-order valence-electron chi connectivity index (χ1n) is 11.5. The van der Waals surface area contributed by atoms with Gasteiger partial charge in [-0.15, -0.1) is 0 Å². The molecule has 180 valence electrons. The number of carbonyl (C=O) groups is 4. The lowest BCUT2D eigenvalue weighted by Crippen LogP contribution is -2.49. The second kappa shape index (κ2) is 11.0. The van der Waals surface area contributed by atoms with Crippen LogP contribution in [-0.4, -0.2) is 52.1 Å². The lowest BCUT2D eigenvalue weighted by molar-refractivity contribution is -0.141. The number of carbonyl (C=O) groups excluding carboxylic acids is 4. The van der Waals surface area contributed by atoms with Crippen LogP contribution in [0.15, 0.2) is 48.5 Å². The van der Waals surface area contributed by atoms with Crippen LogP contribution in [0.4, 0.5) is 4.39 Å². The van der Waals surface area contributed by atoms with Crippen LogP contribution in [0.3, 0.4) is 0 Å². The molecule has 0 spiro atoms. The number of nitrogens with one attached hydrogen (secondary N) is 1. The Morgan fingerprint density at radius 1 is 1.00 bits per heavy atom. The van der Waals surface area contributed by atoms with E-state index < -0.39 is 11.9 Å². The van der Waals surface area contributed by atoms with Gasteiger partial charge in [0.25, 0.3) is 11.8 Å². The molecular formula is C26H30FN3O4. The Morgan fingerprint density at radius 3 is 2.18 bits per heavy atom. The third kappa shape index (κ3) is 5.50. The monoisotopic (exact) mass is 467 g/mol. The minimum Gasteiger partial charge on any atom is -0.352 e. The molecule has 1 aliphatic rings. The average molecular weight is 468 g/mol. The summed E-state index contributed by atoms with van der Waals surface area (Å²) in [4.78, 5) is 53.4. The molecule has 2 atom stereocenters. The van der Waals surface area contributed by atoms with Crippen LogP contribution in [0.5, 0.6) is 0 Å². The zero-order chi connectivity index (χ0) is 24.8. The molecule has 2 aromatic carbocycles. The van der Waals surface area contributed by atoms with Crippen LogP contribution in [0.1, 0.15) is 66.3 Å². The first-order chi connectivity index (χ1) is 16.2. The second-order valence-electron chi connectivity index (χ2n) is 8.52. The third-order valence-electron chi connectivity index (χ3n) is 6.12. The molecule has 1 N–H and O–H groups in total. The Morgan fingerprint density at radius 2 is 1.59 bits per heavy atom. The number of hydrogen-bond acceptors (Lipinski definition) is 4. The number of amides is 4. The topological polar surface area (TPSA) is 86.8 Å². The van der Waals surface area contributed by atoms with Crippen LogP contribution in [-0.2, 0) is 16.1 Å². The molecule has 8 heteroatoms. The minimum atomic E-state index is -0.819. The van der Waals surface area contributed by atoms with Crippen molar-refractivity contribution < 1.29 is 23.6 Å². The first-order valence-corrected chi connectivity index (χ1v) is 11.5. The number of fused-ring (bicyclic) bond motifs is 1. The quantitative estimate of drug-likeness (QED) is 0.542. The van der Waals surface area contributed by atoms with Gasteiger partial charge >= 0.3 is 0 Å². The SMILES string of the molecule is CC[C@@H](C)NC(=O)[C@H](C)N(Cc1ccccc1F)C(=O)CCCN1C(=O)c2ccccc2C1=O. The molecule has 7 nitrogen and oxygen atoms in total. The molecule has 0 fully saturated rings. The van der Waals surface area contributed by atoms with Gasteiger partial charge in [0.1, 0.15) is 11.9 Å². The van der Waals surface area contributed by atoms with Gasteiger partial charge in [0.2, 0.25) is 11.8 Å². The number of nitrogens with zero attached hydrogens (tertiary/aromatic N) is 2. The summed E-state index contributed by atoms with van der Waals surface area (Å²) in [6.45, 7) is 5.44. The van der Waals surface area contributed by atoms with E-state index in [1.54, 1.807) is 49.4 Å². The van der Waals surface area contributed by atoms with Gasteiger partial charge in [-0.05, 0) is 44.9 Å². The maximum atomic E-state index is 14.3. The Kier molecular flexibility index (Phi) is 8.15. The van der Waals surface area contributed by atoms with Crippen LogP contribution in [0.2, 0.25) is 0 Å². The Labute approximate surface area is 198 Å². The summed E-state index contributed by atoms with van der Waals surface area (Å²) in [7, 11) is 0. The van der Waals surface area contributed by atoms with Crippen molar-refractivity contribution in [3.8, 4) is 0 Å². The summed E-state index contributed by atoms with van der Waals surface area (Å²) < 4.78 is 14.3. The molecule has 0 unspecified atom stereocenters. The van der Waals surface area contributed by atoms with Crippen molar-refractivity contribution in [3.63, 3.8) is 0 Å². The number of rotatable bonds is 10. The van der Waals surface area contributed by atoms with E-state index in [2.05, 4.69) is 5.32 Å². The highest BCUT2D eigenvalue weighted by Crippen LogP contribution is 2.23. The van der Waals surface area contributed by atoms with E-state index >= 15 is 0 Å².